The molecule has 0 saturated carbocycles. The van der Waals surface area contributed by atoms with Crippen molar-refractivity contribution >= 4 is 0 Å². The first-order chi connectivity index (χ1) is 8.81. The first-order valence-electron chi connectivity index (χ1n) is 6.88. The summed E-state index contributed by atoms with van der Waals surface area (Å²) in [5.41, 5.74) is 8.28. The summed E-state index contributed by atoms with van der Waals surface area (Å²) in [7, 11) is 0. The van der Waals surface area contributed by atoms with E-state index >= 15 is 0 Å². The standard InChI is InChI=1S/C16H27NO2/c1-12-8-6-7-9-14(12)15(13(2)17)18-10-11-19-16(3,4)5/h6-9,13,15H,10-11,17H2,1-5H3. The lowest BCUT2D eigenvalue weighted by Crippen LogP contribution is -2.29. The zero-order valence-corrected chi connectivity index (χ0v) is 12.8. The molecule has 0 fully saturated rings. The lowest BCUT2D eigenvalue weighted by molar-refractivity contribution is -0.0559. The second kappa shape index (κ2) is 7.04. The zero-order valence-electron chi connectivity index (χ0n) is 12.8. The molecule has 0 aliphatic heterocycles. The monoisotopic (exact) mass is 265 g/mol. The average Bonchev–Trinajstić information content (AvgIpc) is 2.29. The quantitative estimate of drug-likeness (QED) is 0.803. The molecule has 2 unspecified atom stereocenters. The molecule has 1 rings (SSSR count). The van der Waals surface area contributed by atoms with Gasteiger partial charge in [0.05, 0.1) is 24.9 Å². The van der Waals surface area contributed by atoms with Crippen molar-refractivity contribution in [3.63, 3.8) is 0 Å². The number of ether oxygens (including phenoxy) is 2. The van der Waals surface area contributed by atoms with Gasteiger partial charge in [0.15, 0.2) is 0 Å². The summed E-state index contributed by atoms with van der Waals surface area (Å²) in [6.45, 7) is 11.3. The molecule has 0 amide bonds. The third-order valence-electron chi connectivity index (χ3n) is 2.89. The van der Waals surface area contributed by atoms with E-state index in [1.54, 1.807) is 0 Å². The van der Waals surface area contributed by atoms with Gasteiger partial charge in [0.1, 0.15) is 0 Å². The van der Waals surface area contributed by atoms with E-state index in [1.807, 2.05) is 39.8 Å². The van der Waals surface area contributed by atoms with Crippen LogP contribution in [0.15, 0.2) is 24.3 Å². The van der Waals surface area contributed by atoms with Crippen molar-refractivity contribution in [1.82, 2.24) is 0 Å². The fraction of sp³-hybridized carbons (Fsp3) is 0.625. The van der Waals surface area contributed by atoms with Gasteiger partial charge in [-0.25, -0.2) is 0 Å². The van der Waals surface area contributed by atoms with Gasteiger partial charge in [0.25, 0.3) is 0 Å². The fourth-order valence-corrected chi connectivity index (χ4v) is 1.95. The van der Waals surface area contributed by atoms with Crippen LogP contribution < -0.4 is 5.73 Å². The molecule has 2 N–H and O–H groups in total. The highest BCUT2D eigenvalue weighted by atomic mass is 16.5. The van der Waals surface area contributed by atoms with Crippen LogP contribution in [0.5, 0.6) is 0 Å². The van der Waals surface area contributed by atoms with E-state index < -0.39 is 0 Å². The van der Waals surface area contributed by atoms with Crippen LogP contribution >= 0.6 is 0 Å². The van der Waals surface area contributed by atoms with E-state index in [-0.39, 0.29) is 17.7 Å². The Morgan fingerprint density at radius 1 is 1.16 bits per heavy atom. The van der Waals surface area contributed by atoms with Crippen molar-refractivity contribution in [1.29, 1.82) is 0 Å². The van der Waals surface area contributed by atoms with E-state index in [0.29, 0.717) is 13.2 Å². The number of rotatable bonds is 6. The predicted molar refractivity (Wildman–Crippen MR) is 79.2 cm³/mol. The maximum absolute atomic E-state index is 6.04. The third kappa shape index (κ3) is 5.72. The van der Waals surface area contributed by atoms with Gasteiger partial charge in [0.2, 0.25) is 0 Å². The van der Waals surface area contributed by atoms with Crippen molar-refractivity contribution in [3.8, 4) is 0 Å². The van der Waals surface area contributed by atoms with Crippen LogP contribution in [-0.4, -0.2) is 24.9 Å². The molecule has 19 heavy (non-hydrogen) atoms. The Labute approximate surface area is 117 Å². The molecule has 1 aromatic rings. The highest BCUT2D eigenvalue weighted by molar-refractivity contribution is 5.28. The maximum atomic E-state index is 6.04. The van der Waals surface area contributed by atoms with E-state index in [1.165, 1.54) is 5.56 Å². The van der Waals surface area contributed by atoms with Crippen molar-refractivity contribution in [3.05, 3.63) is 35.4 Å². The van der Waals surface area contributed by atoms with Crippen LogP contribution in [0.1, 0.15) is 44.9 Å². The minimum absolute atomic E-state index is 0.0456. The van der Waals surface area contributed by atoms with E-state index in [9.17, 15) is 0 Å². The van der Waals surface area contributed by atoms with E-state index in [2.05, 4.69) is 19.1 Å². The largest absolute Gasteiger partial charge is 0.373 e. The molecule has 0 radical (unpaired) electrons. The number of aryl methyl sites for hydroxylation is 1. The molecule has 2 atom stereocenters. The summed E-state index contributed by atoms with van der Waals surface area (Å²) in [4.78, 5) is 0. The molecule has 1 aromatic carbocycles. The fourth-order valence-electron chi connectivity index (χ4n) is 1.95. The Balaban J connectivity index is 2.58. The minimum atomic E-state index is -0.129. The third-order valence-corrected chi connectivity index (χ3v) is 2.89. The number of benzene rings is 1. The molecule has 0 aliphatic rings. The Bertz CT molecular complexity index is 383. The van der Waals surface area contributed by atoms with E-state index in [0.717, 1.165) is 5.56 Å². The predicted octanol–water partition coefficient (Wildman–Crippen LogP) is 3.22. The summed E-state index contributed by atoms with van der Waals surface area (Å²) < 4.78 is 11.6. The lowest BCUT2D eigenvalue weighted by atomic mass is 9.99. The van der Waals surface area contributed by atoms with Gasteiger partial charge in [0, 0.05) is 6.04 Å². The van der Waals surface area contributed by atoms with Gasteiger partial charge in [-0.1, -0.05) is 24.3 Å². The molecular formula is C16H27NO2. The Morgan fingerprint density at radius 2 is 1.79 bits per heavy atom. The molecule has 0 spiro atoms. The smallest absolute Gasteiger partial charge is 0.0976 e. The summed E-state index contributed by atoms with van der Waals surface area (Å²) in [5, 5.41) is 0. The molecule has 0 aliphatic carbocycles. The van der Waals surface area contributed by atoms with Gasteiger partial charge < -0.3 is 15.2 Å². The molecule has 0 saturated heterocycles. The summed E-state index contributed by atoms with van der Waals surface area (Å²) >= 11 is 0. The highest BCUT2D eigenvalue weighted by Crippen LogP contribution is 2.23. The second-order valence-electron chi connectivity index (χ2n) is 5.97. The summed E-state index contributed by atoms with van der Waals surface area (Å²) in [6, 6.07) is 8.16. The summed E-state index contributed by atoms with van der Waals surface area (Å²) in [5.74, 6) is 0. The van der Waals surface area contributed by atoms with Crippen molar-refractivity contribution in [2.45, 2.75) is 52.4 Å². The number of hydrogen-bond acceptors (Lipinski definition) is 3. The molecule has 0 bridgehead atoms. The van der Waals surface area contributed by atoms with E-state index in [4.69, 9.17) is 15.2 Å². The topological polar surface area (TPSA) is 44.5 Å². The molecule has 0 heterocycles. The second-order valence-corrected chi connectivity index (χ2v) is 5.97. The molecule has 3 heteroatoms. The van der Waals surface area contributed by atoms with Gasteiger partial charge in [-0.2, -0.15) is 0 Å². The number of hydrogen-bond donors (Lipinski definition) is 1. The molecule has 0 aromatic heterocycles. The van der Waals surface area contributed by atoms with Crippen molar-refractivity contribution < 1.29 is 9.47 Å². The Hall–Kier alpha value is -0.900. The van der Waals surface area contributed by atoms with Crippen molar-refractivity contribution in [2.75, 3.05) is 13.2 Å². The Kier molecular flexibility index (Phi) is 5.98. The molecule has 108 valence electrons. The first-order valence-corrected chi connectivity index (χ1v) is 6.88. The average molecular weight is 265 g/mol. The lowest BCUT2D eigenvalue weighted by Gasteiger charge is -2.25. The van der Waals surface area contributed by atoms with Gasteiger partial charge in [-0.15, -0.1) is 0 Å². The van der Waals surface area contributed by atoms with Crippen LogP contribution in [-0.2, 0) is 9.47 Å². The van der Waals surface area contributed by atoms with Gasteiger partial charge in [-0.05, 0) is 45.7 Å². The van der Waals surface area contributed by atoms with Gasteiger partial charge in [-0.3, -0.25) is 0 Å². The van der Waals surface area contributed by atoms with Crippen LogP contribution in [0.25, 0.3) is 0 Å². The molecular weight excluding hydrogens is 238 g/mol. The van der Waals surface area contributed by atoms with Gasteiger partial charge >= 0.3 is 0 Å². The first kappa shape index (κ1) is 16.2. The maximum Gasteiger partial charge on any atom is 0.0976 e. The number of nitrogens with two attached hydrogens (primary N) is 1. The Morgan fingerprint density at radius 3 is 2.32 bits per heavy atom. The van der Waals surface area contributed by atoms with Crippen LogP contribution in [0.3, 0.4) is 0 Å². The summed E-state index contributed by atoms with van der Waals surface area (Å²) in [6.07, 6.45) is -0.0789. The van der Waals surface area contributed by atoms with Crippen LogP contribution in [0, 0.1) is 6.92 Å². The van der Waals surface area contributed by atoms with Crippen molar-refractivity contribution in [2.24, 2.45) is 5.73 Å². The normalized spacial score (nSPS) is 15.3. The zero-order chi connectivity index (χ0) is 14.5. The SMILES string of the molecule is Cc1ccccc1C(OCCOC(C)(C)C)C(C)N. The molecule has 3 nitrogen and oxygen atoms in total. The van der Waals surface area contributed by atoms with Crippen LogP contribution in [0.4, 0.5) is 0 Å². The highest BCUT2D eigenvalue weighted by Gasteiger charge is 2.19. The minimum Gasteiger partial charge on any atom is -0.373 e. The van der Waals surface area contributed by atoms with Crippen LogP contribution in [0.2, 0.25) is 0 Å².